The van der Waals surface area contributed by atoms with Crippen molar-refractivity contribution < 1.29 is 22.8 Å². The Morgan fingerprint density at radius 3 is 2.76 bits per heavy atom. The van der Waals surface area contributed by atoms with E-state index in [1.807, 2.05) is 0 Å². The Hall–Kier alpha value is -5.02. The average Bonchev–Trinajstić information content (AvgIpc) is 3.48. The minimum absolute atomic E-state index is 0.0766. The maximum absolute atomic E-state index is 14.9. The Morgan fingerprint density at radius 2 is 2.00 bits per heavy atom. The molecule has 1 aliphatic rings. The van der Waals surface area contributed by atoms with Gasteiger partial charge in [-0.15, -0.1) is 6.42 Å². The summed E-state index contributed by atoms with van der Waals surface area (Å²) >= 11 is 0. The summed E-state index contributed by atoms with van der Waals surface area (Å²) in [4.78, 5) is 33.5. The van der Waals surface area contributed by atoms with E-state index in [1.54, 1.807) is 12.3 Å². The molecule has 0 bridgehead atoms. The average molecular weight is 498 g/mol. The lowest BCUT2D eigenvalue weighted by molar-refractivity contribution is 0.0697. The number of aromatic amines is 1. The van der Waals surface area contributed by atoms with Crippen LogP contribution in [0.1, 0.15) is 55.4 Å². The van der Waals surface area contributed by atoms with Gasteiger partial charge in [0.05, 0.1) is 17.2 Å². The van der Waals surface area contributed by atoms with E-state index in [0.717, 1.165) is 24.3 Å². The fraction of sp³-hybridized carbons (Fsp3) is 0.107. The first kappa shape index (κ1) is 23.7. The summed E-state index contributed by atoms with van der Waals surface area (Å²) in [5, 5.41) is 0.547. The molecule has 0 aliphatic carbocycles. The molecule has 182 valence electrons. The summed E-state index contributed by atoms with van der Waals surface area (Å²) in [5.41, 5.74) is 6.66. The van der Waals surface area contributed by atoms with Crippen LogP contribution < -0.4 is 5.73 Å². The number of amides is 2. The summed E-state index contributed by atoms with van der Waals surface area (Å²) in [7, 11) is 0. The van der Waals surface area contributed by atoms with Crippen LogP contribution in [0.2, 0.25) is 0 Å². The number of rotatable bonds is 4. The minimum atomic E-state index is -1.07. The molecule has 0 saturated carbocycles. The molecule has 3 heterocycles. The first-order chi connectivity index (χ1) is 17.8. The number of terminal acetylenes is 1. The fourth-order valence-electron chi connectivity index (χ4n) is 4.49. The number of nitrogens with zero attached hydrogens (tertiary/aromatic N) is 2. The lowest BCUT2D eigenvalue weighted by Gasteiger charge is -2.27. The maximum atomic E-state index is 14.9. The van der Waals surface area contributed by atoms with E-state index in [9.17, 15) is 22.8 Å². The normalized spacial score (nSPS) is 13.1. The second-order valence-corrected chi connectivity index (χ2v) is 8.41. The van der Waals surface area contributed by atoms with E-state index >= 15 is 0 Å². The van der Waals surface area contributed by atoms with Crippen molar-refractivity contribution in [3.05, 3.63) is 99.6 Å². The molecule has 37 heavy (non-hydrogen) atoms. The van der Waals surface area contributed by atoms with Crippen LogP contribution in [0, 0.1) is 41.6 Å². The van der Waals surface area contributed by atoms with Crippen LogP contribution in [0.25, 0.3) is 11.0 Å². The van der Waals surface area contributed by atoms with E-state index in [1.165, 1.54) is 17.2 Å². The zero-order chi connectivity index (χ0) is 26.3. The van der Waals surface area contributed by atoms with Crippen LogP contribution in [0.15, 0.2) is 48.8 Å². The van der Waals surface area contributed by atoms with Crippen molar-refractivity contribution in [1.82, 2.24) is 14.9 Å². The quantitative estimate of drug-likeness (QED) is 0.413. The van der Waals surface area contributed by atoms with Gasteiger partial charge in [0.2, 0.25) is 0 Å². The van der Waals surface area contributed by atoms with Crippen LogP contribution >= 0.6 is 0 Å². The number of benzene rings is 2. The van der Waals surface area contributed by atoms with Crippen molar-refractivity contribution in [2.45, 2.75) is 19.0 Å². The molecule has 2 aromatic carbocycles. The van der Waals surface area contributed by atoms with Gasteiger partial charge in [0.15, 0.2) is 0 Å². The van der Waals surface area contributed by atoms with Crippen molar-refractivity contribution in [3.63, 3.8) is 0 Å². The molecule has 1 unspecified atom stereocenters. The highest BCUT2D eigenvalue weighted by atomic mass is 19.1. The standard InChI is InChI=1S/C28H17F3N4O2/c1-2-15-10-16-14-35(28(37)25(16)23(31)11-15)24(20-12-17(29)6-7-22(20)30)5-3-4-18-19-8-9-33-27(19)34-13-21(18)26(32)36/h1,6-13,24H,5,14H2,(H2,32,36)(H,33,34). The summed E-state index contributed by atoms with van der Waals surface area (Å²) in [6, 6.07) is 6.08. The van der Waals surface area contributed by atoms with Crippen LogP contribution in [-0.4, -0.2) is 26.7 Å². The predicted molar refractivity (Wildman–Crippen MR) is 129 cm³/mol. The van der Waals surface area contributed by atoms with Crippen LogP contribution in [0.4, 0.5) is 13.2 Å². The summed E-state index contributed by atoms with van der Waals surface area (Å²) in [6.07, 6.45) is 8.15. The van der Waals surface area contributed by atoms with Crippen molar-refractivity contribution in [2.24, 2.45) is 5.73 Å². The van der Waals surface area contributed by atoms with Crippen LogP contribution in [-0.2, 0) is 6.54 Å². The maximum Gasteiger partial charge on any atom is 0.258 e. The fourth-order valence-corrected chi connectivity index (χ4v) is 4.49. The third kappa shape index (κ3) is 4.17. The summed E-state index contributed by atoms with van der Waals surface area (Å²) in [5.74, 6) is 4.41. The first-order valence-corrected chi connectivity index (χ1v) is 11.1. The number of fused-ring (bicyclic) bond motifs is 2. The molecule has 0 spiro atoms. The Morgan fingerprint density at radius 1 is 1.19 bits per heavy atom. The van der Waals surface area contributed by atoms with Crippen molar-refractivity contribution in [2.75, 3.05) is 0 Å². The van der Waals surface area contributed by atoms with Crippen LogP contribution in [0.5, 0.6) is 0 Å². The number of H-pyrrole nitrogens is 1. The van der Waals surface area contributed by atoms with Gasteiger partial charge in [0.1, 0.15) is 23.1 Å². The number of carbonyl (C=O) groups excluding carboxylic acids is 2. The monoisotopic (exact) mass is 498 g/mol. The Kier molecular flexibility index (Phi) is 5.90. The lowest BCUT2D eigenvalue weighted by Crippen LogP contribution is -2.30. The van der Waals surface area contributed by atoms with Gasteiger partial charge in [-0.1, -0.05) is 17.8 Å². The number of primary amides is 1. The van der Waals surface area contributed by atoms with Gasteiger partial charge in [0.25, 0.3) is 11.8 Å². The van der Waals surface area contributed by atoms with Crippen molar-refractivity contribution >= 4 is 22.8 Å². The molecule has 1 atom stereocenters. The predicted octanol–water partition coefficient (Wildman–Crippen LogP) is 4.20. The van der Waals surface area contributed by atoms with E-state index in [4.69, 9.17) is 12.2 Å². The van der Waals surface area contributed by atoms with Gasteiger partial charge < -0.3 is 15.6 Å². The number of carbonyl (C=O) groups is 2. The number of hydrogen-bond donors (Lipinski definition) is 2. The highest BCUT2D eigenvalue weighted by Gasteiger charge is 2.37. The molecular formula is C28H17F3N4O2. The third-order valence-electron chi connectivity index (χ3n) is 6.21. The van der Waals surface area contributed by atoms with Crippen molar-refractivity contribution in [3.8, 4) is 24.2 Å². The molecule has 2 aromatic heterocycles. The zero-order valence-electron chi connectivity index (χ0n) is 19.1. The van der Waals surface area contributed by atoms with E-state index in [2.05, 4.69) is 27.7 Å². The number of hydrogen-bond acceptors (Lipinski definition) is 3. The summed E-state index contributed by atoms with van der Waals surface area (Å²) < 4.78 is 43.7. The minimum Gasteiger partial charge on any atom is -0.366 e. The molecule has 1 aliphatic heterocycles. The highest BCUT2D eigenvalue weighted by Crippen LogP contribution is 2.36. The molecule has 9 heteroatoms. The largest absolute Gasteiger partial charge is 0.366 e. The molecule has 0 radical (unpaired) electrons. The molecule has 4 aromatic rings. The molecule has 0 fully saturated rings. The molecule has 6 nitrogen and oxygen atoms in total. The SMILES string of the molecule is C#Cc1cc(F)c2c(c1)CN(C(CC#Cc1c(C(N)=O)cnc3[nH]ccc13)c1cc(F)ccc1F)C2=O. The Labute approximate surface area is 209 Å². The van der Waals surface area contributed by atoms with Gasteiger partial charge in [-0.25, -0.2) is 18.2 Å². The van der Waals surface area contributed by atoms with Gasteiger partial charge in [-0.2, -0.15) is 0 Å². The lowest BCUT2D eigenvalue weighted by atomic mass is 10.00. The van der Waals surface area contributed by atoms with E-state index < -0.39 is 35.3 Å². The number of pyridine rings is 1. The second-order valence-electron chi connectivity index (χ2n) is 8.41. The summed E-state index contributed by atoms with van der Waals surface area (Å²) in [6.45, 7) is -0.0766. The third-order valence-corrected chi connectivity index (χ3v) is 6.21. The second kappa shape index (κ2) is 9.21. The number of nitrogens with one attached hydrogen (secondary N) is 1. The van der Waals surface area contributed by atoms with Gasteiger partial charge in [-0.05, 0) is 42.0 Å². The topological polar surface area (TPSA) is 92.1 Å². The van der Waals surface area contributed by atoms with Gasteiger partial charge in [0, 0.05) is 47.4 Å². The molecule has 0 saturated heterocycles. The zero-order valence-corrected chi connectivity index (χ0v) is 19.1. The number of nitrogens with two attached hydrogens (primary N) is 1. The van der Waals surface area contributed by atoms with Gasteiger partial charge in [-0.3, -0.25) is 9.59 Å². The first-order valence-electron chi connectivity index (χ1n) is 11.1. The van der Waals surface area contributed by atoms with E-state index in [0.29, 0.717) is 22.2 Å². The van der Waals surface area contributed by atoms with E-state index in [-0.39, 0.29) is 35.2 Å². The van der Waals surface area contributed by atoms with Crippen LogP contribution in [0.3, 0.4) is 0 Å². The molecule has 2 amide bonds. The molecular weight excluding hydrogens is 481 g/mol. The smallest absolute Gasteiger partial charge is 0.258 e. The Bertz CT molecular complexity index is 1710. The van der Waals surface area contributed by atoms with Gasteiger partial charge >= 0.3 is 0 Å². The molecule has 3 N–H and O–H groups in total. The molecule has 5 rings (SSSR count). The number of aromatic nitrogens is 2. The highest BCUT2D eigenvalue weighted by molar-refractivity contribution is 6.01. The Balaban J connectivity index is 1.58. The van der Waals surface area contributed by atoms with Crippen molar-refractivity contribution in [1.29, 1.82) is 0 Å². The number of halogens is 3.